The summed E-state index contributed by atoms with van der Waals surface area (Å²) in [4.78, 5) is 4.30. The molecule has 1 atom stereocenters. The van der Waals surface area contributed by atoms with E-state index in [1.54, 1.807) is 0 Å². The Labute approximate surface area is 145 Å². The molecule has 1 unspecified atom stereocenters. The normalized spacial score (nSPS) is 12.3. The van der Waals surface area contributed by atoms with Crippen LogP contribution in [0.15, 0.2) is 4.99 Å². The summed E-state index contributed by atoms with van der Waals surface area (Å²) < 4.78 is 1.93. The number of halogens is 1. The Bertz CT molecular complexity index is 513. The van der Waals surface area contributed by atoms with E-state index in [-0.39, 0.29) is 30.0 Å². The Kier molecular flexibility index (Phi) is 9.09. The SMILES string of the molecule is C#CCN=C(NCC)NC(C)Cc1c(C)nn(C)c1C.I. The van der Waals surface area contributed by atoms with Gasteiger partial charge in [-0.2, -0.15) is 5.10 Å². The molecule has 1 heterocycles. The fraction of sp³-hybridized carbons (Fsp3) is 0.600. The second-order valence-corrected chi connectivity index (χ2v) is 4.92. The fourth-order valence-corrected chi connectivity index (χ4v) is 2.15. The van der Waals surface area contributed by atoms with Crippen LogP contribution in [-0.2, 0) is 13.5 Å². The molecule has 5 nitrogen and oxygen atoms in total. The number of aromatic nitrogens is 2. The average Bonchev–Trinajstić information content (AvgIpc) is 2.63. The van der Waals surface area contributed by atoms with Gasteiger partial charge in [-0.3, -0.25) is 4.68 Å². The zero-order valence-corrected chi connectivity index (χ0v) is 15.9. The number of guanidine groups is 1. The van der Waals surface area contributed by atoms with Crippen LogP contribution in [0.3, 0.4) is 0 Å². The molecule has 0 aliphatic rings. The Morgan fingerprint density at radius 1 is 1.48 bits per heavy atom. The molecule has 0 saturated heterocycles. The highest BCUT2D eigenvalue weighted by Gasteiger charge is 2.13. The molecule has 0 amide bonds. The number of nitrogens with zero attached hydrogens (tertiary/aromatic N) is 3. The molecule has 0 bridgehead atoms. The second-order valence-electron chi connectivity index (χ2n) is 4.92. The minimum Gasteiger partial charge on any atom is -0.357 e. The first-order valence-electron chi connectivity index (χ1n) is 6.96. The molecule has 0 fully saturated rings. The predicted octanol–water partition coefficient (Wildman–Crippen LogP) is 1.77. The van der Waals surface area contributed by atoms with E-state index < -0.39 is 0 Å². The molecule has 0 aliphatic carbocycles. The molecule has 118 valence electrons. The van der Waals surface area contributed by atoms with Gasteiger partial charge in [-0.1, -0.05) is 5.92 Å². The second kappa shape index (κ2) is 9.66. The van der Waals surface area contributed by atoms with Crippen molar-refractivity contribution in [3.63, 3.8) is 0 Å². The molecular formula is C15H26IN5. The molecular weight excluding hydrogens is 377 g/mol. The first kappa shape index (κ1) is 19.8. The molecule has 0 aliphatic heterocycles. The number of aliphatic imine (C=N–C) groups is 1. The first-order chi connectivity index (χ1) is 9.49. The van der Waals surface area contributed by atoms with Crippen LogP contribution in [0.1, 0.15) is 30.8 Å². The molecule has 6 heteroatoms. The van der Waals surface area contributed by atoms with Gasteiger partial charge in [0.1, 0.15) is 6.54 Å². The van der Waals surface area contributed by atoms with Gasteiger partial charge < -0.3 is 10.6 Å². The Balaban J connectivity index is 0.00000400. The van der Waals surface area contributed by atoms with Gasteiger partial charge in [0, 0.05) is 25.3 Å². The van der Waals surface area contributed by atoms with Crippen LogP contribution in [-0.4, -0.2) is 34.9 Å². The van der Waals surface area contributed by atoms with Crippen molar-refractivity contribution in [3.8, 4) is 12.3 Å². The smallest absolute Gasteiger partial charge is 0.192 e. The highest BCUT2D eigenvalue weighted by molar-refractivity contribution is 14.0. The van der Waals surface area contributed by atoms with Crippen LogP contribution in [0.5, 0.6) is 0 Å². The van der Waals surface area contributed by atoms with Crippen molar-refractivity contribution in [1.29, 1.82) is 0 Å². The minimum atomic E-state index is 0. The van der Waals surface area contributed by atoms with Crippen molar-refractivity contribution >= 4 is 29.9 Å². The Morgan fingerprint density at radius 2 is 2.14 bits per heavy atom. The maximum absolute atomic E-state index is 5.25. The van der Waals surface area contributed by atoms with Crippen molar-refractivity contribution in [1.82, 2.24) is 20.4 Å². The van der Waals surface area contributed by atoms with Gasteiger partial charge in [-0.15, -0.1) is 30.4 Å². The van der Waals surface area contributed by atoms with E-state index in [4.69, 9.17) is 6.42 Å². The zero-order valence-electron chi connectivity index (χ0n) is 13.5. The van der Waals surface area contributed by atoms with Crippen LogP contribution < -0.4 is 10.6 Å². The average molecular weight is 403 g/mol. The van der Waals surface area contributed by atoms with E-state index in [0.717, 1.165) is 24.6 Å². The van der Waals surface area contributed by atoms with E-state index in [2.05, 4.69) is 40.5 Å². The van der Waals surface area contributed by atoms with E-state index in [1.807, 2.05) is 25.6 Å². The molecule has 0 saturated carbocycles. The summed E-state index contributed by atoms with van der Waals surface area (Å²) in [6, 6.07) is 0.257. The fourth-order valence-electron chi connectivity index (χ4n) is 2.15. The number of aryl methyl sites for hydroxylation is 2. The van der Waals surface area contributed by atoms with Crippen LogP contribution in [0.2, 0.25) is 0 Å². The number of nitrogens with one attached hydrogen (secondary N) is 2. The number of terminal acetylenes is 1. The van der Waals surface area contributed by atoms with Crippen LogP contribution in [0, 0.1) is 26.2 Å². The maximum atomic E-state index is 5.25. The Morgan fingerprint density at radius 3 is 2.62 bits per heavy atom. The standard InChI is InChI=1S/C15H25N5.HI/c1-7-9-17-15(16-8-2)18-11(3)10-14-12(4)19-20(6)13(14)5;/h1,11H,8-10H2,2-6H3,(H2,16,17,18);1H. The van der Waals surface area contributed by atoms with Gasteiger partial charge in [0.2, 0.25) is 0 Å². The summed E-state index contributed by atoms with van der Waals surface area (Å²) in [6.07, 6.45) is 6.15. The topological polar surface area (TPSA) is 54.2 Å². The summed E-state index contributed by atoms with van der Waals surface area (Å²) in [7, 11) is 1.97. The highest BCUT2D eigenvalue weighted by Crippen LogP contribution is 2.13. The largest absolute Gasteiger partial charge is 0.357 e. The van der Waals surface area contributed by atoms with Gasteiger partial charge in [0.15, 0.2) is 5.96 Å². The van der Waals surface area contributed by atoms with Gasteiger partial charge in [-0.25, -0.2) is 4.99 Å². The minimum absolute atomic E-state index is 0. The first-order valence-corrected chi connectivity index (χ1v) is 6.96. The third-order valence-corrected chi connectivity index (χ3v) is 3.22. The van der Waals surface area contributed by atoms with Gasteiger partial charge in [-0.05, 0) is 39.7 Å². The van der Waals surface area contributed by atoms with Crippen molar-refractivity contribution in [2.75, 3.05) is 13.1 Å². The lowest BCUT2D eigenvalue weighted by atomic mass is 10.1. The van der Waals surface area contributed by atoms with Crippen molar-refractivity contribution in [2.45, 2.75) is 40.2 Å². The van der Waals surface area contributed by atoms with E-state index in [0.29, 0.717) is 6.54 Å². The number of rotatable bonds is 5. The van der Waals surface area contributed by atoms with Gasteiger partial charge in [0.25, 0.3) is 0 Å². The lowest BCUT2D eigenvalue weighted by molar-refractivity contribution is 0.637. The molecule has 1 aromatic heterocycles. The molecule has 0 radical (unpaired) electrons. The monoisotopic (exact) mass is 403 g/mol. The molecule has 1 rings (SSSR count). The van der Waals surface area contributed by atoms with E-state index in [9.17, 15) is 0 Å². The van der Waals surface area contributed by atoms with E-state index >= 15 is 0 Å². The van der Waals surface area contributed by atoms with Gasteiger partial charge in [0.05, 0.1) is 5.69 Å². The summed E-state index contributed by atoms with van der Waals surface area (Å²) in [5, 5.41) is 11.0. The highest BCUT2D eigenvalue weighted by atomic mass is 127. The van der Waals surface area contributed by atoms with Gasteiger partial charge >= 0.3 is 0 Å². The van der Waals surface area contributed by atoms with Crippen molar-refractivity contribution in [2.24, 2.45) is 12.0 Å². The third-order valence-electron chi connectivity index (χ3n) is 3.22. The van der Waals surface area contributed by atoms with Crippen LogP contribution in [0.25, 0.3) is 0 Å². The molecule has 2 N–H and O–H groups in total. The number of hydrogen-bond donors (Lipinski definition) is 2. The summed E-state index contributed by atoms with van der Waals surface area (Å²) in [6.45, 7) is 9.51. The Hall–Kier alpha value is -1.23. The van der Waals surface area contributed by atoms with Crippen molar-refractivity contribution < 1.29 is 0 Å². The predicted molar refractivity (Wildman–Crippen MR) is 99.2 cm³/mol. The number of hydrogen-bond acceptors (Lipinski definition) is 2. The molecule has 0 aromatic carbocycles. The summed E-state index contributed by atoms with van der Waals surface area (Å²) >= 11 is 0. The zero-order chi connectivity index (χ0) is 15.1. The quantitative estimate of drug-likeness (QED) is 0.341. The van der Waals surface area contributed by atoms with E-state index in [1.165, 1.54) is 11.3 Å². The molecule has 21 heavy (non-hydrogen) atoms. The lowest BCUT2D eigenvalue weighted by Gasteiger charge is -2.17. The summed E-state index contributed by atoms with van der Waals surface area (Å²) in [5.74, 6) is 3.28. The third kappa shape index (κ3) is 5.96. The maximum Gasteiger partial charge on any atom is 0.192 e. The molecule has 0 spiro atoms. The molecule has 1 aromatic rings. The van der Waals surface area contributed by atoms with Crippen molar-refractivity contribution in [3.05, 3.63) is 17.0 Å². The summed E-state index contributed by atoms with van der Waals surface area (Å²) in [5.41, 5.74) is 3.59. The lowest BCUT2D eigenvalue weighted by Crippen LogP contribution is -2.43. The van der Waals surface area contributed by atoms with Crippen LogP contribution >= 0.6 is 24.0 Å². The van der Waals surface area contributed by atoms with Crippen LogP contribution in [0.4, 0.5) is 0 Å².